The largest absolute Gasteiger partial charge is 0.341 e. The molecule has 0 saturated carbocycles. The molecule has 0 fully saturated rings. The molecular weight excluding hydrogens is 519 g/mol. The van der Waals surface area contributed by atoms with E-state index in [1.807, 2.05) is 23.9 Å². The average molecular weight is 550 g/mol. The molecule has 0 radical (unpaired) electrons. The Morgan fingerprint density at radius 2 is 1.32 bits per heavy atom. The Morgan fingerprint density at radius 3 is 2.07 bits per heavy atom. The van der Waals surface area contributed by atoms with E-state index in [1.165, 1.54) is 21.4 Å². The zero-order valence-corrected chi connectivity index (χ0v) is 24.6. The van der Waals surface area contributed by atoms with Crippen molar-refractivity contribution in [2.45, 2.75) is 13.8 Å². The minimum atomic E-state index is -1.80. The molecule has 0 N–H and O–H groups in total. The number of para-hydroxylation sites is 2. The van der Waals surface area contributed by atoms with Crippen LogP contribution in [-0.2, 0) is 0 Å². The summed E-state index contributed by atoms with van der Waals surface area (Å²) in [7, 11) is 0.345. The number of rotatable bonds is 5. The molecular formula is C35H31N5Si. The average Bonchev–Trinajstić information content (AvgIpc) is 3.36. The van der Waals surface area contributed by atoms with E-state index in [4.69, 9.17) is 10.1 Å². The highest BCUT2D eigenvalue weighted by Crippen LogP contribution is 2.50. The third-order valence-electron chi connectivity index (χ3n) is 7.88. The smallest absolute Gasteiger partial charge is 0.155 e. The molecule has 0 aliphatic carbocycles. The number of hydrogen-bond acceptors (Lipinski definition) is 4. The van der Waals surface area contributed by atoms with Crippen LogP contribution in [0.25, 0.3) is 5.69 Å². The lowest BCUT2D eigenvalue weighted by Crippen LogP contribution is -2.53. The van der Waals surface area contributed by atoms with Gasteiger partial charge in [-0.3, -0.25) is 4.98 Å². The van der Waals surface area contributed by atoms with Gasteiger partial charge in [-0.25, -0.2) is 4.68 Å². The van der Waals surface area contributed by atoms with Crippen molar-refractivity contribution in [1.82, 2.24) is 14.8 Å². The third kappa shape index (κ3) is 4.42. The first-order valence-electron chi connectivity index (χ1n) is 13.9. The Hall–Kier alpha value is -4.94. The molecule has 7 rings (SSSR count). The van der Waals surface area contributed by atoms with Crippen LogP contribution in [0, 0.1) is 13.8 Å². The summed E-state index contributed by atoms with van der Waals surface area (Å²) in [6.07, 6.45) is 1.91. The van der Waals surface area contributed by atoms with E-state index in [0.717, 1.165) is 39.8 Å². The lowest BCUT2D eigenvalue weighted by Gasteiger charge is -2.39. The Labute approximate surface area is 242 Å². The van der Waals surface area contributed by atoms with Crippen molar-refractivity contribution in [3.63, 3.8) is 0 Å². The maximum absolute atomic E-state index is 4.84. The Bertz CT molecular complexity index is 1810. The number of aromatic nitrogens is 3. The topological polar surface area (TPSA) is 37.2 Å². The summed E-state index contributed by atoms with van der Waals surface area (Å²) in [5, 5.41) is 8.64. The molecule has 1 atom stereocenters. The minimum Gasteiger partial charge on any atom is -0.341 e. The molecule has 0 saturated heterocycles. The molecule has 1 aliphatic heterocycles. The van der Waals surface area contributed by atoms with Crippen LogP contribution in [0.1, 0.15) is 11.4 Å². The van der Waals surface area contributed by atoms with Gasteiger partial charge in [0.25, 0.3) is 0 Å². The maximum atomic E-state index is 4.84. The van der Waals surface area contributed by atoms with Gasteiger partial charge in [-0.15, -0.1) is 0 Å². The summed E-state index contributed by atoms with van der Waals surface area (Å²) in [4.78, 5) is 9.53. The molecule has 6 heteroatoms. The number of nitrogens with zero attached hydrogens (tertiary/aromatic N) is 5. The highest BCUT2D eigenvalue weighted by molar-refractivity contribution is 6.95. The molecule has 1 aliphatic rings. The van der Waals surface area contributed by atoms with E-state index >= 15 is 0 Å². The fourth-order valence-electron chi connectivity index (χ4n) is 6.04. The molecule has 2 aromatic heterocycles. The summed E-state index contributed by atoms with van der Waals surface area (Å²) in [5.41, 5.74) is 8.93. The van der Waals surface area contributed by atoms with Crippen molar-refractivity contribution in [2.75, 3.05) is 16.8 Å². The molecule has 41 heavy (non-hydrogen) atoms. The van der Waals surface area contributed by atoms with Crippen LogP contribution in [-0.4, -0.2) is 30.6 Å². The highest BCUT2D eigenvalue weighted by Gasteiger charge is 2.29. The number of fused-ring (bicyclic) bond motifs is 2. The quantitative estimate of drug-likeness (QED) is 0.259. The summed E-state index contributed by atoms with van der Waals surface area (Å²) in [6, 6.07) is 43.6. The number of pyridine rings is 1. The van der Waals surface area contributed by atoms with Crippen molar-refractivity contribution < 1.29 is 0 Å². The zero-order chi connectivity index (χ0) is 27.9. The Kier molecular flexibility index (Phi) is 6.25. The van der Waals surface area contributed by atoms with Gasteiger partial charge in [0.2, 0.25) is 0 Å². The van der Waals surface area contributed by atoms with E-state index in [1.54, 1.807) is 0 Å². The fourth-order valence-corrected chi connectivity index (χ4v) is 8.90. The number of aryl methyl sites for hydroxylation is 2. The number of hydrogen-bond donors (Lipinski definition) is 0. The Morgan fingerprint density at radius 1 is 0.585 bits per heavy atom. The second-order valence-electron chi connectivity index (χ2n) is 10.6. The van der Waals surface area contributed by atoms with Crippen molar-refractivity contribution >= 4 is 52.9 Å². The van der Waals surface area contributed by atoms with Crippen molar-refractivity contribution in [2.24, 2.45) is 0 Å². The van der Waals surface area contributed by atoms with Crippen molar-refractivity contribution in [3.05, 3.63) is 139 Å². The highest BCUT2D eigenvalue weighted by atomic mass is 28.3. The fraction of sp³-hybridized carbons (Fsp3) is 0.0857. The van der Waals surface area contributed by atoms with Crippen LogP contribution >= 0.6 is 0 Å². The summed E-state index contributed by atoms with van der Waals surface area (Å²) in [5.74, 6) is 0. The lowest BCUT2D eigenvalue weighted by molar-refractivity contribution is 0.833. The second-order valence-corrected chi connectivity index (χ2v) is 13.4. The van der Waals surface area contributed by atoms with E-state index in [-0.39, 0.29) is 0 Å². The minimum absolute atomic E-state index is 1.01. The van der Waals surface area contributed by atoms with E-state index in [0.29, 0.717) is 0 Å². The Balaban J connectivity index is 1.42. The van der Waals surface area contributed by atoms with Gasteiger partial charge >= 0.3 is 0 Å². The van der Waals surface area contributed by atoms with Crippen LogP contribution in [0.4, 0.5) is 28.4 Å². The van der Waals surface area contributed by atoms with Crippen molar-refractivity contribution in [3.8, 4) is 5.69 Å². The van der Waals surface area contributed by atoms with Crippen LogP contribution < -0.4 is 25.5 Å². The predicted octanol–water partition coefficient (Wildman–Crippen LogP) is 5.68. The van der Waals surface area contributed by atoms with Crippen LogP contribution in [0.2, 0.25) is 0 Å². The van der Waals surface area contributed by atoms with Gasteiger partial charge in [0, 0.05) is 29.9 Å². The molecule has 4 aromatic carbocycles. The van der Waals surface area contributed by atoms with E-state index < -0.39 is 8.80 Å². The molecule has 0 amide bonds. The van der Waals surface area contributed by atoms with Crippen LogP contribution in [0.3, 0.4) is 0 Å². The standard InChI is InChI=1S/C35H31N5Si/c1-25-22-26(2)40(37-25)28-19-20-32-34(24-28)39(33-17-8-7-16-31(33)38(32)3)27-12-11-15-30(23-27)41(29-13-5-4-6-14-29)35-18-9-10-21-36-35/h4-24,41H,1-3H3. The molecule has 0 spiro atoms. The second kappa shape index (κ2) is 10.2. The van der Waals surface area contributed by atoms with Gasteiger partial charge in [-0.2, -0.15) is 5.10 Å². The first-order chi connectivity index (χ1) is 20.1. The first kappa shape index (κ1) is 25.1. The van der Waals surface area contributed by atoms with Crippen LogP contribution in [0.15, 0.2) is 128 Å². The molecule has 5 nitrogen and oxygen atoms in total. The van der Waals surface area contributed by atoms with Gasteiger partial charge in [-0.1, -0.05) is 65.9 Å². The molecule has 1 unspecified atom stereocenters. The number of benzene rings is 4. The molecule has 200 valence electrons. The van der Waals surface area contributed by atoms with Gasteiger partial charge in [0.1, 0.15) is 0 Å². The number of anilines is 5. The summed E-state index contributed by atoms with van der Waals surface area (Å²) >= 11 is 0. The van der Waals surface area contributed by atoms with E-state index in [9.17, 15) is 0 Å². The SMILES string of the molecule is Cc1cc(C)n(-c2ccc3c(c2)N(c2cccc([SiH](c4ccccc4)c4ccccn4)c2)c2ccccc2N3C)n1. The third-order valence-corrected chi connectivity index (χ3v) is 10.9. The summed E-state index contributed by atoms with van der Waals surface area (Å²) in [6.45, 7) is 4.15. The normalized spacial score (nSPS) is 13.0. The van der Waals surface area contributed by atoms with E-state index in [2.05, 4.69) is 139 Å². The first-order valence-corrected chi connectivity index (χ1v) is 15.7. The van der Waals surface area contributed by atoms with Gasteiger partial charge in [0.15, 0.2) is 8.80 Å². The predicted molar refractivity (Wildman–Crippen MR) is 173 cm³/mol. The van der Waals surface area contributed by atoms with Gasteiger partial charge in [-0.05, 0) is 79.7 Å². The van der Waals surface area contributed by atoms with Gasteiger partial charge in [0.05, 0.1) is 34.1 Å². The van der Waals surface area contributed by atoms with Crippen molar-refractivity contribution in [1.29, 1.82) is 0 Å². The zero-order valence-electron chi connectivity index (χ0n) is 23.4. The molecule has 6 aromatic rings. The lowest BCUT2D eigenvalue weighted by atomic mass is 10.1. The monoisotopic (exact) mass is 549 g/mol. The summed E-state index contributed by atoms with van der Waals surface area (Å²) < 4.78 is 2.03. The van der Waals surface area contributed by atoms with Gasteiger partial charge < -0.3 is 9.80 Å². The van der Waals surface area contributed by atoms with Crippen LogP contribution in [0.5, 0.6) is 0 Å². The molecule has 0 bridgehead atoms. The maximum Gasteiger partial charge on any atom is 0.155 e. The molecule has 3 heterocycles.